The number of carbonyl (C=O) groups excluding carboxylic acids is 1. The lowest BCUT2D eigenvalue weighted by atomic mass is 10.2. The van der Waals surface area contributed by atoms with Crippen molar-refractivity contribution in [3.05, 3.63) is 22.4 Å². The van der Waals surface area contributed by atoms with Crippen molar-refractivity contribution < 1.29 is 14.7 Å². The third-order valence-electron chi connectivity index (χ3n) is 3.19. The average Bonchev–Trinajstić information content (AvgIpc) is 3.04. The number of urea groups is 1. The summed E-state index contributed by atoms with van der Waals surface area (Å²) < 4.78 is 0. The molecule has 0 bridgehead atoms. The number of carboxylic acid groups (broad SMARTS) is 1. The minimum Gasteiger partial charge on any atom is -0.479 e. The van der Waals surface area contributed by atoms with Gasteiger partial charge in [0.1, 0.15) is 0 Å². The number of thiophene rings is 1. The molecule has 5 nitrogen and oxygen atoms in total. The molecular formula is C13H18N2O3S. The number of aliphatic carboxylic acids is 1. The van der Waals surface area contributed by atoms with Crippen LogP contribution in [0, 0.1) is 5.92 Å². The zero-order chi connectivity index (χ0) is 13.8. The van der Waals surface area contributed by atoms with Gasteiger partial charge in [-0.3, -0.25) is 0 Å². The second-order valence-corrected chi connectivity index (χ2v) is 5.70. The number of nitrogens with zero attached hydrogens (tertiary/aromatic N) is 1. The first-order valence-electron chi connectivity index (χ1n) is 6.43. The van der Waals surface area contributed by atoms with Crippen LogP contribution in [0.25, 0.3) is 0 Å². The molecule has 1 saturated carbocycles. The molecule has 1 unspecified atom stereocenters. The summed E-state index contributed by atoms with van der Waals surface area (Å²) in [5, 5.41) is 13.6. The zero-order valence-electron chi connectivity index (χ0n) is 10.8. The highest BCUT2D eigenvalue weighted by Gasteiger charge is 2.29. The van der Waals surface area contributed by atoms with Crippen LogP contribution in [0.4, 0.5) is 4.79 Å². The summed E-state index contributed by atoms with van der Waals surface area (Å²) in [4.78, 5) is 25.7. The summed E-state index contributed by atoms with van der Waals surface area (Å²) in [6.07, 6.45) is 2.33. The molecule has 1 atom stereocenters. The van der Waals surface area contributed by atoms with Crippen LogP contribution in [0.2, 0.25) is 0 Å². The number of nitrogens with one attached hydrogen (secondary N) is 1. The van der Waals surface area contributed by atoms with Gasteiger partial charge >= 0.3 is 12.0 Å². The minimum atomic E-state index is -1.03. The van der Waals surface area contributed by atoms with Crippen LogP contribution in [0.3, 0.4) is 0 Å². The Labute approximate surface area is 116 Å². The van der Waals surface area contributed by atoms with E-state index in [1.54, 1.807) is 22.4 Å². The van der Waals surface area contributed by atoms with Gasteiger partial charge in [0.25, 0.3) is 0 Å². The lowest BCUT2D eigenvalue weighted by Gasteiger charge is -2.23. The van der Waals surface area contributed by atoms with Gasteiger partial charge in [-0.1, -0.05) is 6.07 Å². The molecule has 2 rings (SSSR count). The minimum absolute atomic E-state index is 0.296. The van der Waals surface area contributed by atoms with Crippen LogP contribution in [0.1, 0.15) is 30.7 Å². The molecule has 19 heavy (non-hydrogen) atoms. The van der Waals surface area contributed by atoms with Gasteiger partial charge in [0.2, 0.25) is 0 Å². The average molecular weight is 282 g/mol. The maximum atomic E-state index is 12.1. The standard InChI is InChI=1S/C13H18N2O3S/c1-2-15(8-9-5-6-9)13(18)14-11(12(16)17)10-4-3-7-19-10/h3-4,7,9,11H,2,5-6,8H2,1H3,(H,14,18)(H,16,17). The van der Waals surface area contributed by atoms with Crippen LogP contribution < -0.4 is 5.32 Å². The van der Waals surface area contributed by atoms with Crippen LogP contribution in [-0.4, -0.2) is 35.1 Å². The molecule has 1 fully saturated rings. The molecule has 1 aromatic rings. The van der Waals surface area contributed by atoms with Gasteiger partial charge in [-0.15, -0.1) is 11.3 Å². The van der Waals surface area contributed by atoms with Crippen LogP contribution >= 0.6 is 11.3 Å². The molecule has 1 aliphatic carbocycles. The normalized spacial score (nSPS) is 15.8. The highest BCUT2D eigenvalue weighted by Crippen LogP contribution is 2.29. The molecule has 1 heterocycles. The Morgan fingerprint density at radius 1 is 1.58 bits per heavy atom. The van der Waals surface area contributed by atoms with Crippen molar-refractivity contribution in [1.82, 2.24) is 10.2 Å². The highest BCUT2D eigenvalue weighted by atomic mass is 32.1. The molecule has 0 aliphatic heterocycles. The third-order valence-corrected chi connectivity index (χ3v) is 4.12. The summed E-state index contributed by atoms with van der Waals surface area (Å²) in [5.41, 5.74) is 0. The van der Waals surface area contributed by atoms with E-state index < -0.39 is 12.0 Å². The summed E-state index contributed by atoms with van der Waals surface area (Å²) >= 11 is 1.33. The molecular weight excluding hydrogens is 264 g/mol. The lowest BCUT2D eigenvalue weighted by Crippen LogP contribution is -2.44. The molecule has 0 spiro atoms. The van der Waals surface area contributed by atoms with Crippen molar-refractivity contribution in [2.75, 3.05) is 13.1 Å². The van der Waals surface area contributed by atoms with Gasteiger partial charge in [-0.2, -0.15) is 0 Å². The van der Waals surface area contributed by atoms with Gasteiger partial charge in [-0.05, 0) is 37.1 Å². The van der Waals surface area contributed by atoms with E-state index >= 15 is 0 Å². The van der Waals surface area contributed by atoms with Crippen LogP contribution in [0.15, 0.2) is 17.5 Å². The maximum absolute atomic E-state index is 12.1. The number of hydrogen-bond donors (Lipinski definition) is 2. The SMILES string of the molecule is CCN(CC1CC1)C(=O)NC(C(=O)O)c1cccs1. The molecule has 2 N–H and O–H groups in total. The second-order valence-electron chi connectivity index (χ2n) is 4.72. The van der Waals surface area contributed by atoms with E-state index in [4.69, 9.17) is 0 Å². The smallest absolute Gasteiger partial charge is 0.331 e. The lowest BCUT2D eigenvalue weighted by molar-refractivity contribution is -0.139. The van der Waals surface area contributed by atoms with Gasteiger partial charge < -0.3 is 15.3 Å². The van der Waals surface area contributed by atoms with Crippen LogP contribution in [-0.2, 0) is 4.79 Å². The number of carbonyl (C=O) groups is 2. The molecule has 1 aromatic heterocycles. The number of carboxylic acids is 1. The maximum Gasteiger partial charge on any atom is 0.331 e. The van der Waals surface area contributed by atoms with Crippen molar-refractivity contribution >= 4 is 23.3 Å². The Morgan fingerprint density at radius 2 is 2.32 bits per heavy atom. The van der Waals surface area contributed by atoms with Crippen molar-refractivity contribution in [2.24, 2.45) is 5.92 Å². The Bertz CT molecular complexity index is 443. The van der Waals surface area contributed by atoms with E-state index in [0.717, 1.165) is 19.4 Å². The van der Waals surface area contributed by atoms with Gasteiger partial charge in [0, 0.05) is 18.0 Å². The molecule has 2 amide bonds. The zero-order valence-corrected chi connectivity index (χ0v) is 11.7. The largest absolute Gasteiger partial charge is 0.479 e. The van der Waals surface area contributed by atoms with Crippen molar-refractivity contribution in [3.63, 3.8) is 0 Å². The first-order chi connectivity index (χ1) is 9.11. The van der Waals surface area contributed by atoms with E-state index in [-0.39, 0.29) is 6.03 Å². The first kappa shape index (κ1) is 13.9. The van der Waals surface area contributed by atoms with Gasteiger partial charge in [0.05, 0.1) is 0 Å². The molecule has 104 valence electrons. The fourth-order valence-electron chi connectivity index (χ4n) is 1.89. The number of hydrogen-bond acceptors (Lipinski definition) is 3. The summed E-state index contributed by atoms with van der Waals surface area (Å²) in [6, 6.07) is 2.25. The van der Waals surface area contributed by atoms with E-state index in [2.05, 4.69) is 5.32 Å². The predicted molar refractivity (Wildman–Crippen MR) is 73.2 cm³/mol. The Morgan fingerprint density at radius 3 is 2.79 bits per heavy atom. The summed E-state index contributed by atoms with van der Waals surface area (Å²) in [6.45, 7) is 3.22. The Hall–Kier alpha value is -1.56. The van der Waals surface area contributed by atoms with Gasteiger partial charge in [0.15, 0.2) is 6.04 Å². The predicted octanol–water partition coefficient (Wildman–Crippen LogP) is 2.32. The van der Waals surface area contributed by atoms with Crippen LogP contribution in [0.5, 0.6) is 0 Å². The van der Waals surface area contributed by atoms with Gasteiger partial charge in [-0.25, -0.2) is 9.59 Å². The first-order valence-corrected chi connectivity index (χ1v) is 7.31. The Balaban J connectivity index is 1.99. The molecule has 6 heteroatoms. The molecule has 0 saturated heterocycles. The molecule has 0 aromatic carbocycles. The van der Waals surface area contributed by atoms with Crippen molar-refractivity contribution in [2.45, 2.75) is 25.8 Å². The number of amides is 2. The molecule has 0 radical (unpaired) electrons. The fourth-order valence-corrected chi connectivity index (χ4v) is 2.66. The third kappa shape index (κ3) is 3.70. The van der Waals surface area contributed by atoms with E-state index in [0.29, 0.717) is 17.3 Å². The van der Waals surface area contributed by atoms with Crippen molar-refractivity contribution in [1.29, 1.82) is 0 Å². The van der Waals surface area contributed by atoms with E-state index in [1.807, 2.05) is 6.92 Å². The second kappa shape index (κ2) is 6.06. The summed E-state index contributed by atoms with van der Waals surface area (Å²) in [7, 11) is 0. The van der Waals surface area contributed by atoms with E-state index in [1.165, 1.54) is 11.3 Å². The summed E-state index contributed by atoms with van der Waals surface area (Å²) in [5.74, 6) is -0.436. The number of rotatable bonds is 6. The highest BCUT2D eigenvalue weighted by molar-refractivity contribution is 7.10. The van der Waals surface area contributed by atoms with E-state index in [9.17, 15) is 14.7 Å². The molecule has 1 aliphatic rings. The van der Waals surface area contributed by atoms with Crippen molar-refractivity contribution in [3.8, 4) is 0 Å². The topological polar surface area (TPSA) is 69.6 Å². The Kier molecular flexibility index (Phi) is 4.42. The quantitative estimate of drug-likeness (QED) is 0.841. The fraction of sp³-hybridized carbons (Fsp3) is 0.538. The monoisotopic (exact) mass is 282 g/mol.